The molecule has 140 valence electrons. The molecule has 2 aromatic rings. The number of carbonyl (C=O) groups is 1. The topological polar surface area (TPSA) is 67.2 Å². The Kier molecular flexibility index (Phi) is 5.14. The Hall–Kier alpha value is -2.21. The smallest absolute Gasteiger partial charge is 0.254 e. The van der Waals surface area contributed by atoms with E-state index in [2.05, 4.69) is 5.10 Å². The molecular formula is C20H26FN3O2. The van der Waals surface area contributed by atoms with Crippen LogP contribution in [0.3, 0.4) is 0 Å². The number of aryl methyl sites for hydroxylation is 1. The average molecular weight is 359 g/mol. The lowest BCUT2D eigenvalue weighted by Crippen LogP contribution is -2.48. The van der Waals surface area contributed by atoms with Gasteiger partial charge in [0.15, 0.2) is 0 Å². The lowest BCUT2D eigenvalue weighted by atomic mass is 9.65. The first kappa shape index (κ1) is 18.6. The average Bonchev–Trinajstić information content (AvgIpc) is 2.97. The molecule has 1 heterocycles. The van der Waals surface area contributed by atoms with Crippen LogP contribution in [0.2, 0.25) is 0 Å². The van der Waals surface area contributed by atoms with Crippen molar-refractivity contribution in [2.45, 2.75) is 50.9 Å². The molecule has 1 aromatic carbocycles. The Morgan fingerprint density at radius 1 is 1.42 bits per heavy atom. The fourth-order valence-electron chi connectivity index (χ4n) is 4.72. The van der Waals surface area contributed by atoms with Crippen LogP contribution in [0.5, 0.6) is 0 Å². The molecule has 1 amide bonds. The molecule has 0 saturated heterocycles. The van der Waals surface area contributed by atoms with Crippen LogP contribution in [-0.4, -0.2) is 20.9 Å². The minimum Gasteiger partial charge on any atom is -0.289 e. The summed E-state index contributed by atoms with van der Waals surface area (Å²) < 4.78 is 16.1. The van der Waals surface area contributed by atoms with Gasteiger partial charge in [0, 0.05) is 24.9 Å². The minimum atomic E-state index is -0.950. The van der Waals surface area contributed by atoms with Crippen LogP contribution in [0, 0.1) is 18.7 Å². The molecule has 0 spiro atoms. The largest absolute Gasteiger partial charge is 0.289 e. The summed E-state index contributed by atoms with van der Waals surface area (Å²) in [7, 11) is 1.93. The quantitative estimate of drug-likeness (QED) is 0.500. The number of nitrogens with zero attached hydrogens (tertiary/aromatic N) is 2. The molecule has 1 aliphatic rings. The molecule has 0 aliphatic heterocycles. The summed E-state index contributed by atoms with van der Waals surface area (Å²) in [5.74, 6) is -0.575. The van der Waals surface area contributed by atoms with E-state index in [1.165, 1.54) is 6.07 Å². The number of nitrogens with one attached hydrogen (secondary N) is 1. The zero-order valence-corrected chi connectivity index (χ0v) is 15.5. The number of hydroxylamine groups is 1. The van der Waals surface area contributed by atoms with Gasteiger partial charge in [-0.05, 0) is 55.4 Å². The van der Waals surface area contributed by atoms with Crippen LogP contribution in [-0.2, 0) is 17.3 Å². The second-order valence-corrected chi connectivity index (χ2v) is 7.43. The van der Waals surface area contributed by atoms with E-state index in [1.807, 2.05) is 36.3 Å². The number of halogens is 1. The fraction of sp³-hybridized carbons (Fsp3) is 0.500. The lowest BCUT2D eigenvalue weighted by molar-refractivity contribution is -0.137. The van der Waals surface area contributed by atoms with E-state index >= 15 is 0 Å². The van der Waals surface area contributed by atoms with Gasteiger partial charge in [-0.2, -0.15) is 5.10 Å². The molecule has 1 aliphatic carbocycles. The monoisotopic (exact) mass is 359 g/mol. The second-order valence-electron chi connectivity index (χ2n) is 7.43. The van der Waals surface area contributed by atoms with Crippen molar-refractivity contribution in [2.24, 2.45) is 13.0 Å². The fourth-order valence-corrected chi connectivity index (χ4v) is 4.72. The molecule has 6 heteroatoms. The summed E-state index contributed by atoms with van der Waals surface area (Å²) >= 11 is 0. The van der Waals surface area contributed by atoms with Gasteiger partial charge in [0.2, 0.25) is 0 Å². The highest BCUT2D eigenvalue weighted by molar-refractivity contribution is 5.88. The van der Waals surface area contributed by atoms with Gasteiger partial charge in [-0.25, -0.2) is 9.87 Å². The van der Waals surface area contributed by atoms with Gasteiger partial charge >= 0.3 is 0 Å². The van der Waals surface area contributed by atoms with Crippen molar-refractivity contribution >= 4 is 5.91 Å². The first-order chi connectivity index (χ1) is 12.4. The highest BCUT2D eigenvalue weighted by Crippen LogP contribution is 2.47. The molecule has 0 bridgehead atoms. The van der Waals surface area contributed by atoms with Crippen molar-refractivity contribution < 1.29 is 14.4 Å². The third kappa shape index (κ3) is 2.92. The highest BCUT2D eigenvalue weighted by Gasteiger charge is 2.48. The van der Waals surface area contributed by atoms with Crippen LogP contribution < -0.4 is 5.48 Å². The molecule has 3 rings (SSSR count). The molecule has 1 aromatic heterocycles. The van der Waals surface area contributed by atoms with E-state index in [0.29, 0.717) is 17.5 Å². The molecule has 26 heavy (non-hydrogen) atoms. The Balaban J connectivity index is 2.07. The van der Waals surface area contributed by atoms with Gasteiger partial charge in [0.1, 0.15) is 5.82 Å². The SMILES string of the molecule is Cc1c(F)cccc1C1(C(=O)NO)CCCC(c2ccnn2C)CC1C. The summed E-state index contributed by atoms with van der Waals surface area (Å²) in [6.07, 6.45) is 4.86. The van der Waals surface area contributed by atoms with Gasteiger partial charge in [-0.1, -0.05) is 25.5 Å². The van der Waals surface area contributed by atoms with Crippen LogP contribution in [0.25, 0.3) is 0 Å². The van der Waals surface area contributed by atoms with E-state index < -0.39 is 11.3 Å². The maximum absolute atomic E-state index is 14.2. The predicted octanol–water partition coefficient (Wildman–Crippen LogP) is 3.60. The van der Waals surface area contributed by atoms with Gasteiger partial charge in [0.05, 0.1) is 5.41 Å². The van der Waals surface area contributed by atoms with Crippen molar-refractivity contribution in [3.8, 4) is 0 Å². The predicted molar refractivity (Wildman–Crippen MR) is 96.3 cm³/mol. The summed E-state index contributed by atoms with van der Waals surface area (Å²) in [6.45, 7) is 3.72. The van der Waals surface area contributed by atoms with Gasteiger partial charge < -0.3 is 0 Å². The molecule has 2 N–H and O–H groups in total. The number of rotatable bonds is 3. The Bertz CT molecular complexity index is 804. The Morgan fingerprint density at radius 2 is 2.19 bits per heavy atom. The van der Waals surface area contributed by atoms with Crippen molar-refractivity contribution in [3.63, 3.8) is 0 Å². The third-order valence-electron chi connectivity index (χ3n) is 6.14. The van der Waals surface area contributed by atoms with Crippen molar-refractivity contribution in [1.82, 2.24) is 15.3 Å². The number of benzene rings is 1. The normalized spacial score (nSPS) is 26.3. The second kappa shape index (κ2) is 7.19. The van der Waals surface area contributed by atoms with Gasteiger partial charge in [-0.15, -0.1) is 0 Å². The summed E-state index contributed by atoms with van der Waals surface area (Å²) in [5.41, 5.74) is 3.20. The summed E-state index contributed by atoms with van der Waals surface area (Å²) in [6, 6.07) is 6.88. The standard InChI is InChI=1S/C20H26FN3O2/c1-13-12-15(18-9-11-22-24(18)3)6-5-10-20(13,19(25)23-26)16-7-4-8-17(21)14(16)2/h4,7-9,11,13,15,26H,5-6,10,12H2,1-3H3,(H,23,25). The van der Waals surface area contributed by atoms with Gasteiger partial charge in [0.25, 0.3) is 5.91 Å². The maximum Gasteiger partial charge on any atom is 0.254 e. The highest BCUT2D eigenvalue weighted by atomic mass is 19.1. The first-order valence-electron chi connectivity index (χ1n) is 9.09. The number of hydrogen-bond acceptors (Lipinski definition) is 3. The lowest BCUT2D eigenvalue weighted by Gasteiger charge is -2.38. The van der Waals surface area contributed by atoms with Crippen LogP contribution >= 0.6 is 0 Å². The number of amides is 1. The molecule has 0 radical (unpaired) electrons. The van der Waals surface area contributed by atoms with Gasteiger partial charge in [-0.3, -0.25) is 14.7 Å². The third-order valence-corrected chi connectivity index (χ3v) is 6.14. The zero-order chi connectivity index (χ0) is 18.9. The van der Waals surface area contributed by atoms with E-state index in [9.17, 15) is 14.4 Å². The molecule has 1 fully saturated rings. The number of aromatic nitrogens is 2. The molecule has 5 nitrogen and oxygen atoms in total. The molecule has 3 atom stereocenters. The molecular weight excluding hydrogens is 333 g/mol. The van der Waals surface area contributed by atoms with Crippen LogP contribution in [0.4, 0.5) is 4.39 Å². The molecule has 3 unspecified atom stereocenters. The number of hydrogen-bond donors (Lipinski definition) is 2. The summed E-state index contributed by atoms with van der Waals surface area (Å²) in [5, 5.41) is 13.7. The van der Waals surface area contributed by atoms with Crippen molar-refractivity contribution in [2.75, 3.05) is 0 Å². The first-order valence-corrected chi connectivity index (χ1v) is 9.09. The van der Waals surface area contributed by atoms with E-state index in [4.69, 9.17) is 0 Å². The minimum absolute atomic E-state index is 0.0717. The zero-order valence-electron chi connectivity index (χ0n) is 15.5. The van der Waals surface area contributed by atoms with E-state index in [-0.39, 0.29) is 17.7 Å². The maximum atomic E-state index is 14.2. The van der Waals surface area contributed by atoms with E-state index in [0.717, 1.165) is 25.0 Å². The number of carbonyl (C=O) groups excluding carboxylic acids is 1. The van der Waals surface area contributed by atoms with Crippen molar-refractivity contribution in [3.05, 3.63) is 53.1 Å². The molecule has 1 saturated carbocycles. The van der Waals surface area contributed by atoms with Crippen molar-refractivity contribution in [1.29, 1.82) is 0 Å². The van der Waals surface area contributed by atoms with E-state index in [1.54, 1.807) is 19.2 Å². The summed E-state index contributed by atoms with van der Waals surface area (Å²) in [4.78, 5) is 12.9. The van der Waals surface area contributed by atoms with Crippen LogP contribution in [0.15, 0.2) is 30.5 Å². The Labute approximate surface area is 153 Å². The Morgan fingerprint density at radius 3 is 2.85 bits per heavy atom. The van der Waals surface area contributed by atoms with Crippen LogP contribution in [0.1, 0.15) is 55.3 Å².